The summed E-state index contributed by atoms with van der Waals surface area (Å²) in [5.74, 6) is 1.94. The summed E-state index contributed by atoms with van der Waals surface area (Å²) in [5.41, 5.74) is 9.81. The van der Waals surface area contributed by atoms with Gasteiger partial charge in [0.25, 0.3) is 0 Å². The number of hydrogen-bond acceptors (Lipinski definition) is 4. The second kappa shape index (κ2) is 5.18. The summed E-state index contributed by atoms with van der Waals surface area (Å²) in [7, 11) is 3.27. The molecule has 2 aromatic rings. The van der Waals surface area contributed by atoms with Gasteiger partial charge in [-0.2, -0.15) is 0 Å². The molecule has 2 rings (SSSR count). The summed E-state index contributed by atoms with van der Waals surface area (Å²) in [6, 6.07) is 5.85. The van der Waals surface area contributed by atoms with Crippen molar-refractivity contribution in [2.75, 3.05) is 20.0 Å². The van der Waals surface area contributed by atoms with Gasteiger partial charge in [0, 0.05) is 17.3 Å². The number of anilines is 1. The van der Waals surface area contributed by atoms with Gasteiger partial charge in [-0.15, -0.1) is 0 Å². The number of ether oxygens (including phenoxy) is 2. The van der Waals surface area contributed by atoms with Gasteiger partial charge in [-0.1, -0.05) is 0 Å². The second-order valence-electron chi connectivity index (χ2n) is 4.47. The van der Waals surface area contributed by atoms with Gasteiger partial charge in [0.1, 0.15) is 5.82 Å². The number of aryl methyl sites for hydroxylation is 2. The van der Waals surface area contributed by atoms with Crippen LogP contribution in [0.2, 0.25) is 0 Å². The van der Waals surface area contributed by atoms with Gasteiger partial charge in [-0.3, -0.25) is 0 Å². The summed E-state index contributed by atoms with van der Waals surface area (Å²) in [4.78, 5) is 4.16. The molecule has 0 saturated carbocycles. The molecule has 4 heteroatoms. The van der Waals surface area contributed by atoms with Crippen molar-refractivity contribution in [2.24, 2.45) is 0 Å². The lowest BCUT2D eigenvalue weighted by Gasteiger charge is -2.15. The van der Waals surface area contributed by atoms with Crippen LogP contribution >= 0.6 is 0 Å². The largest absolute Gasteiger partial charge is 0.493 e. The fourth-order valence-corrected chi connectivity index (χ4v) is 2.16. The Morgan fingerprint density at radius 3 is 2.32 bits per heavy atom. The molecule has 0 saturated heterocycles. The Hall–Kier alpha value is -2.23. The van der Waals surface area contributed by atoms with Gasteiger partial charge in [0.05, 0.1) is 14.2 Å². The zero-order chi connectivity index (χ0) is 14.0. The number of hydrogen-bond donors (Lipinski definition) is 1. The Morgan fingerprint density at radius 1 is 1.00 bits per heavy atom. The molecule has 0 amide bonds. The average Bonchev–Trinajstić information content (AvgIpc) is 2.37. The van der Waals surface area contributed by atoms with Crippen LogP contribution in [0.15, 0.2) is 24.4 Å². The van der Waals surface area contributed by atoms with Gasteiger partial charge in [0.15, 0.2) is 11.5 Å². The molecule has 0 spiro atoms. The molecule has 1 aromatic carbocycles. The number of rotatable bonds is 3. The van der Waals surface area contributed by atoms with E-state index in [1.165, 1.54) is 0 Å². The molecule has 0 aliphatic rings. The minimum Gasteiger partial charge on any atom is -0.493 e. The zero-order valence-corrected chi connectivity index (χ0v) is 11.7. The van der Waals surface area contributed by atoms with Crippen LogP contribution in [0.1, 0.15) is 11.1 Å². The van der Waals surface area contributed by atoms with E-state index in [0.29, 0.717) is 17.3 Å². The molecule has 1 heterocycles. The van der Waals surface area contributed by atoms with Crippen LogP contribution < -0.4 is 15.2 Å². The van der Waals surface area contributed by atoms with Gasteiger partial charge < -0.3 is 15.2 Å². The van der Waals surface area contributed by atoms with Gasteiger partial charge in [-0.05, 0) is 43.2 Å². The molecule has 4 nitrogen and oxygen atoms in total. The van der Waals surface area contributed by atoms with Gasteiger partial charge in [0.2, 0.25) is 0 Å². The van der Waals surface area contributed by atoms with Crippen LogP contribution in [0.5, 0.6) is 11.5 Å². The lowest BCUT2D eigenvalue weighted by atomic mass is 9.99. The van der Waals surface area contributed by atoms with E-state index < -0.39 is 0 Å². The van der Waals surface area contributed by atoms with Crippen molar-refractivity contribution >= 4 is 5.82 Å². The van der Waals surface area contributed by atoms with Crippen LogP contribution in [-0.4, -0.2) is 19.2 Å². The first-order chi connectivity index (χ1) is 9.06. The second-order valence-corrected chi connectivity index (χ2v) is 4.47. The number of nitrogen functional groups attached to an aromatic ring is 1. The smallest absolute Gasteiger partial charge is 0.168 e. The minimum absolute atomic E-state index is 0.514. The lowest BCUT2D eigenvalue weighted by molar-refractivity contribution is 0.356. The first kappa shape index (κ1) is 13.2. The van der Waals surface area contributed by atoms with Crippen LogP contribution in [0.25, 0.3) is 11.1 Å². The lowest BCUT2D eigenvalue weighted by Crippen LogP contribution is -1.97. The first-order valence-corrected chi connectivity index (χ1v) is 6.02. The van der Waals surface area contributed by atoms with Crippen molar-refractivity contribution in [3.05, 3.63) is 35.5 Å². The molecule has 0 radical (unpaired) electrons. The zero-order valence-electron chi connectivity index (χ0n) is 11.7. The maximum absolute atomic E-state index is 5.70. The quantitative estimate of drug-likeness (QED) is 0.919. The number of benzene rings is 1. The maximum atomic E-state index is 5.70. The minimum atomic E-state index is 0.514. The SMILES string of the molecule is COc1cc(C)cc(-c2cnc(N)cc2C)c1OC. The topological polar surface area (TPSA) is 57.4 Å². The Balaban J connectivity index is 2.70. The van der Waals surface area contributed by atoms with Crippen LogP contribution in [-0.2, 0) is 0 Å². The molecule has 0 unspecified atom stereocenters. The fraction of sp³-hybridized carbons (Fsp3) is 0.267. The van der Waals surface area contributed by atoms with Crippen LogP contribution in [0, 0.1) is 13.8 Å². The van der Waals surface area contributed by atoms with Crippen molar-refractivity contribution in [1.82, 2.24) is 4.98 Å². The third kappa shape index (κ3) is 2.47. The monoisotopic (exact) mass is 258 g/mol. The molecule has 100 valence electrons. The summed E-state index contributed by atoms with van der Waals surface area (Å²) < 4.78 is 10.9. The molecule has 0 bridgehead atoms. The molecular formula is C15H18N2O2. The number of nitrogens with zero attached hydrogens (tertiary/aromatic N) is 1. The predicted octanol–water partition coefficient (Wildman–Crippen LogP) is 2.96. The number of nitrogens with two attached hydrogens (primary N) is 1. The maximum Gasteiger partial charge on any atom is 0.168 e. The molecule has 19 heavy (non-hydrogen) atoms. The van der Waals surface area contributed by atoms with Crippen molar-refractivity contribution < 1.29 is 9.47 Å². The van der Waals surface area contributed by atoms with Crippen molar-refractivity contribution in [2.45, 2.75) is 13.8 Å². The Labute approximate surface area is 113 Å². The normalized spacial score (nSPS) is 10.3. The Kier molecular flexibility index (Phi) is 3.60. The van der Waals surface area contributed by atoms with Crippen LogP contribution in [0.3, 0.4) is 0 Å². The van der Waals surface area contributed by atoms with Crippen molar-refractivity contribution in [3.8, 4) is 22.6 Å². The summed E-state index contributed by atoms with van der Waals surface area (Å²) >= 11 is 0. The third-order valence-corrected chi connectivity index (χ3v) is 3.05. The van der Waals surface area contributed by atoms with E-state index in [1.54, 1.807) is 20.4 Å². The van der Waals surface area contributed by atoms with E-state index in [4.69, 9.17) is 15.2 Å². The summed E-state index contributed by atoms with van der Waals surface area (Å²) in [5, 5.41) is 0. The van der Waals surface area contributed by atoms with E-state index in [2.05, 4.69) is 11.1 Å². The molecule has 0 aliphatic carbocycles. The van der Waals surface area contributed by atoms with E-state index in [9.17, 15) is 0 Å². The van der Waals surface area contributed by atoms with E-state index in [1.807, 2.05) is 26.0 Å². The number of methoxy groups -OCH3 is 2. The van der Waals surface area contributed by atoms with E-state index in [-0.39, 0.29) is 0 Å². The van der Waals surface area contributed by atoms with Crippen LogP contribution in [0.4, 0.5) is 5.82 Å². The van der Waals surface area contributed by atoms with Crippen molar-refractivity contribution in [3.63, 3.8) is 0 Å². The highest BCUT2D eigenvalue weighted by Crippen LogP contribution is 2.40. The van der Waals surface area contributed by atoms with Gasteiger partial charge >= 0.3 is 0 Å². The average molecular weight is 258 g/mol. The Bertz CT molecular complexity index is 609. The standard InChI is InChI=1S/C15H18N2O2/c1-9-5-11(15(19-4)13(6-9)18-3)12-8-17-14(16)7-10(12)2/h5-8H,1-4H3,(H2,16,17). The van der Waals surface area contributed by atoms with E-state index >= 15 is 0 Å². The third-order valence-electron chi connectivity index (χ3n) is 3.05. The molecule has 1 aromatic heterocycles. The summed E-state index contributed by atoms with van der Waals surface area (Å²) in [6.07, 6.45) is 1.77. The molecule has 2 N–H and O–H groups in total. The summed E-state index contributed by atoms with van der Waals surface area (Å²) in [6.45, 7) is 4.02. The highest BCUT2D eigenvalue weighted by atomic mass is 16.5. The Morgan fingerprint density at radius 2 is 1.74 bits per heavy atom. The molecule has 0 aliphatic heterocycles. The van der Waals surface area contributed by atoms with Gasteiger partial charge in [-0.25, -0.2) is 4.98 Å². The predicted molar refractivity (Wildman–Crippen MR) is 76.7 cm³/mol. The molecule has 0 fully saturated rings. The van der Waals surface area contributed by atoms with E-state index in [0.717, 1.165) is 22.3 Å². The fourth-order valence-electron chi connectivity index (χ4n) is 2.16. The highest BCUT2D eigenvalue weighted by Gasteiger charge is 2.15. The number of pyridine rings is 1. The highest BCUT2D eigenvalue weighted by molar-refractivity contribution is 5.77. The van der Waals surface area contributed by atoms with Crippen molar-refractivity contribution in [1.29, 1.82) is 0 Å². The molecular weight excluding hydrogens is 240 g/mol. The number of aromatic nitrogens is 1. The first-order valence-electron chi connectivity index (χ1n) is 6.02. The molecule has 0 atom stereocenters.